The number of likely N-dealkylation sites (tertiary alicyclic amines) is 1. The summed E-state index contributed by atoms with van der Waals surface area (Å²) in [6.45, 7) is 1.25. The molecule has 8 nitrogen and oxygen atoms in total. The Labute approximate surface area is 156 Å². The minimum absolute atomic E-state index is 0.00637. The number of imidazole rings is 1. The van der Waals surface area contributed by atoms with Gasteiger partial charge in [0.2, 0.25) is 0 Å². The monoisotopic (exact) mass is 370 g/mol. The standard InChI is InChI=1S/C19H22N4O4/c1-27-19(26)13-4-12(7-21-8-13)18(25)23-9-14-5-16(22-3-2-20-11-22)17(24)6-15(14)10-23/h2-4,7-8,11,14-17,24H,5-6,9-10H2,1H3/t14-,15+,16-,17-/m1/s1. The van der Waals surface area contributed by atoms with Crippen molar-refractivity contribution in [2.24, 2.45) is 11.8 Å². The van der Waals surface area contributed by atoms with E-state index in [0.29, 0.717) is 31.0 Å². The first-order valence-corrected chi connectivity index (χ1v) is 9.05. The summed E-state index contributed by atoms with van der Waals surface area (Å²) in [5.74, 6) is -0.0446. The molecule has 0 aromatic carbocycles. The van der Waals surface area contributed by atoms with Crippen LogP contribution in [0.3, 0.4) is 0 Å². The highest BCUT2D eigenvalue weighted by Crippen LogP contribution is 2.41. The minimum atomic E-state index is -0.515. The number of aromatic nitrogens is 3. The number of hydrogen-bond acceptors (Lipinski definition) is 6. The molecule has 0 radical (unpaired) electrons. The van der Waals surface area contributed by atoms with E-state index in [4.69, 9.17) is 4.74 Å². The van der Waals surface area contributed by atoms with Gasteiger partial charge < -0.3 is 19.3 Å². The summed E-state index contributed by atoms with van der Waals surface area (Å²) >= 11 is 0. The summed E-state index contributed by atoms with van der Waals surface area (Å²) < 4.78 is 6.65. The lowest BCUT2D eigenvalue weighted by molar-refractivity contribution is 0.0357. The average Bonchev–Trinajstić information content (AvgIpc) is 3.35. The quantitative estimate of drug-likeness (QED) is 0.814. The van der Waals surface area contributed by atoms with Crippen LogP contribution in [0, 0.1) is 11.8 Å². The maximum absolute atomic E-state index is 12.9. The second-order valence-electron chi connectivity index (χ2n) is 7.30. The number of pyridine rings is 1. The highest BCUT2D eigenvalue weighted by molar-refractivity contribution is 5.97. The van der Waals surface area contributed by atoms with Crippen molar-refractivity contribution >= 4 is 11.9 Å². The molecular weight excluding hydrogens is 348 g/mol. The van der Waals surface area contributed by atoms with E-state index in [1.54, 1.807) is 17.4 Å². The Morgan fingerprint density at radius 3 is 2.59 bits per heavy atom. The molecule has 4 atom stereocenters. The number of esters is 1. The average molecular weight is 370 g/mol. The van der Waals surface area contributed by atoms with Gasteiger partial charge in [-0.3, -0.25) is 9.78 Å². The predicted molar refractivity (Wildman–Crippen MR) is 95.0 cm³/mol. The predicted octanol–water partition coefficient (Wildman–Crippen LogP) is 1.15. The number of hydrogen-bond donors (Lipinski definition) is 1. The topological polar surface area (TPSA) is 97.6 Å². The van der Waals surface area contributed by atoms with Gasteiger partial charge in [0.15, 0.2) is 0 Å². The Balaban J connectivity index is 1.48. The molecule has 1 aliphatic heterocycles. The van der Waals surface area contributed by atoms with Gasteiger partial charge in [-0.15, -0.1) is 0 Å². The first-order chi connectivity index (χ1) is 13.1. The number of rotatable bonds is 3. The lowest BCUT2D eigenvalue weighted by Crippen LogP contribution is -2.35. The van der Waals surface area contributed by atoms with Crippen LogP contribution in [-0.4, -0.2) is 62.7 Å². The second-order valence-corrected chi connectivity index (χ2v) is 7.30. The number of aliphatic hydroxyl groups excluding tert-OH is 1. The fourth-order valence-electron chi connectivity index (χ4n) is 4.33. The van der Waals surface area contributed by atoms with E-state index in [1.165, 1.54) is 25.6 Å². The van der Waals surface area contributed by atoms with Crippen LogP contribution in [0.4, 0.5) is 0 Å². The highest BCUT2D eigenvalue weighted by atomic mass is 16.5. The van der Waals surface area contributed by atoms with E-state index in [-0.39, 0.29) is 23.4 Å². The molecular formula is C19H22N4O4. The van der Waals surface area contributed by atoms with E-state index in [0.717, 1.165) is 6.42 Å². The van der Waals surface area contributed by atoms with Gasteiger partial charge in [0, 0.05) is 37.9 Å². The largest absolute Gasteiger partial charge is 0.465 e. The molecule has 3 heterocycles. The van der Waals surface area contributed by atoms with Gasteiger partial charge in [0.25, 0.3) is 5.91 Å². The molecule has 0 spiro atoms. The number of fused-ring (bicyclic) bond motifs is 1. The number of carbonyl (C=O) groups excluding carboxylic acids is 2. The lowest BCUT2D eigenvalue weighted by Gasteiger charge is -2.35. The van der Waals surface area contributed by atoms with Crippen molar-refractivity contribution in [1.82, 2.24) is 19.4 Å². The van der Waals surface area contributed by atoms with E-state index in [2.05, 4.69) is 9.97 Å². The van der Waals surface area contributed by atoms with Crippen molar-refractivity contribution in [1.29, 1.82) is 0 Å². The SMILES string of the molecule is COC(=O)c1cncc(C(=O)N2C[C@H]3C[C@@H](n4ccnc4)[C@H](O)C[C@H]3C2)c1. The molecule has 2 aromatic heterocycles. The van der Waals surface area contributed by atoms with Gasteiger partial charge >= 0.3 is 5.97 Å². The second kappa shape index (κ2) is 7.11. The molecule has 142 valence electrons. The Hall–Kier alpha value is -2.74. The number of methoxy groups -OCH3 is 1. The van der Waals surface area contributed by atoms with Crippen LogP contribution in [0.2, 0.25) is 0 Å². The third-order valence-electron chi connectivity index (χ3n) is 5.71. The lowest BCUT2D eigenvalue weighted by atomic mass is 9.77. The van der Waals surface area contributed by atoms with Crippen LogP contribution in [0.15, 0.2) is 37.2 Å². The number of amides is 1. The van der Waals surface area contributed by atoms with Crippen molar-refractivity contribution < 1.29 is 19.4 Å². The summed E-state index contributed by atoms with van der Waals surface area (Å²) in [5.41, 5.74) is 0.638. The zero-order valence-corrected chi connectivity index (χ0v) is 15.1. The zero-order chi connectivity index (χ0) is 19.0. The summed E-state index contributed by atoms with van der Waals surface area (Å²) in [7, 11) is 1.30. The van der Waals surface area contributed by atoms with Crippen molar-refractivity contribution in [3.05, 3.63) is 48.3 Å². The van der Waals surface area contributed by atoms with Crippen LogP contribution >= 0.6 is 0 Å². The van der Waals surface area contributed by atoms with Gasteiger partial charge in [-0.05, 0) is 30.7 Å². The van der Waals surface area contributed by atoms with Crippen LogP contribution < -0.4 is 0 Å². The highest BCUT2D eigenvalue weighted by Gasteiger charge is 2.43. The smallest absolute Gasteiger partial charge is 0.339 e. The fourth-order valence-corrected chi connectivity index (χ4v) is 4.33. The maximum atomic E-state index is 12.9. The Kier molecular flexibility index (Phi) is 4.65. The van der Waals surface area contributed by atoms with Gasteiger partial charge in [0.1, 0.15) is 0 Å². The van der Waals surface area contributed by atoms with Gasteiger partial charge in [-0.2, -0.15) is 0 Å². The van der Waals surface area contributed by atoms with Gasteiger partial charge in [0.05, 0.1) is 36.7 Å². The Bertz CT molecular complexity index is 838. The molecule has 1 N–H and O–H groups in total. The summed E-state index contributed by atoms with van der Waals surface area (Å²) in [4.78, 5) is 34.4. The van der Waals surface area contributed by atoms with Crippen molar-refractivity contribution in [2.45, 2.75) is 25.0 Å². The molecule has 2 aromatic rings. The van der Waals surface area contributed by atoms with Crippen LogP contribution in [0.1, 0.15) is 39.6 Å². The molecule has 1 amide bonds. The maximum Gasteiger partial charge on any atom is 0.339 e. The van der Waals surface area contributed by atoms with Crippen molar-refractivity contribution in [3.8, 4) is 0 Å². The van der Waals surface area contributed by atoms with Crippen molar-refractivity contribution in [3.63, 3.8) is 0 Å². The van der Waals surface area contributed by atoms with E-state index < -0.39 is 12.1 Å². The molecule has 8 heteroatoms. The van der Waals surface area contributed by atoms with Crippen molar-refractivity contribution in [2.75, 3.05) is 20.2 Å². The van der Waals surface area contributed by atoms with E-state index in [1.807, 2.05) is 10.8 Å². The number of ether oxygens (including phenoxy) is 1. The fraction of sp³-hybridized carbons (Fsp3) is 0.474. The molecule has 1 saturated carbocycles. The van der Waals surface area contributed by atoms with E-state index >= 15 is 0 Å². The minimum Gasteiger partial charge on any atom is -0.465 e. The summed E-state index contributed by atoms with van der Waals surface area (Å²) in [6.07, 6.45) is 9.21. The van der Waals surface area contributed by atoms with E-state index in [9.17, 15) is 14.7 Å². The van der Waals surface area contributed by atoms with Crippen LogP contribution in [-0.2, 0) is 4.74 Å². The Morgan fingerprint density at radius 2 is 1.89 bits per heavy atom. The zero-order valence-electron chi connectivity index (χ0n) is 15.1. The number of aliphatic hydroxyl groups is 1. The molecule has 2 aliphatic rings. The first kappa shape index (κ1) is 17.7. The summed E-state index contributed by atoms with van der Waals surface area (Å²) in [6, 6.07) is 1.51. The third-order valence-corrected chi connectivity index (χ3v) is 5.71. The van der Waals surface area contributed by atoms with Crippen LogP contribution in [0.5, 0.6) is 0 Å². The molecule has 4 rings (SSSR count). The number of nitrogens with zero attached hydrogens (tertiary/aromatic N) is 4. The first-order valence-electron chi connectivity index (χ1n) is 9.05. The molecule has 0 bridgehead atoms. The normalized spacial score (nSPS) is 27.3. The Morgan fingerprint density at radius 1 is 1.15 bits per heavy atom. The molecule has 1 saturated heterocycles. The molecule has 0 unspecified atom stereocenters. The third kappa shape index (κ3) is 3.32. The van der Waals surface area contributed by atoms with Crippen LogP contribution in [0.25, 0.3) is 0 Å². The molecule has 2 fully saturated rings. The molecule has 1 aliphatic carbocycles. The molecule has 27 heavy (non-hydrogen) atoms. The van der Waals surface area contributed by atoms with Gasteiger partial charge in [-0.25, -0.2) is 9.78 Å². The van der Waals surface area contributed by atoms with Gasteiger partial charge in [-0.1, -0.05) is 0 Å². The summed E-state index contributed by atoms with van der Waals surface area (Å²) in [5, 5.41) is 10.5. The number of carbonyl (C=O) groups is 2.